The van der Waals surface area contributed by atoms with Crippen molar-refractivity contribution in [3.8, 4) is 0 Å². The number of nitrogen functional groups attached to an aromatic ring is 1. The molecule has 1 aliphatic heterocycles. The van der Waals surface area contributed by atoms with Crippen LogP contribution in [0.25, 0.3) is 4.91 Å². The number of benzene rings is 2. The summed E-state index contributed by atoms with van der Waals surface area (Å²) in [6.45, 7) is 8.93. The van der Waals surface area contributed by atoms with Gasteiger partial charge in [-0.05, 0) is 43.8 Å². The second-order valence-corrected chi connectivity index (χ2v) is 9.83. The molecule has 0 saturated carbocycles. The molecule has 1 unspecified atom stereocenters. The minimum atomic E-state index is -0.293. The molecule has 2 aromatic carbocycles. The zero-order chi connectivity index (χ0) is 24.3. The van der Waals surface area contributed by atoms with E-state index in [1.807, 2.05) is 56.6 Å². The fraction of sp³-hybridized carbons (Fsp3) is 0.320. The molecule has 1 heterocycles. The van der Waals surface area contributed by atoms with Gasteiger partial charge in [0.05, 0.1) is 11.5 Å². The van der Waals surface area contributed by atoms with Crippen molar-refractivity contribution in [2.75, 3.05) is 39.5 Å². The Kier molecular flexibility index (Phi) is 10.1. The zero-order valence-electron chi connectivity index (χ0n) is 20.0. The third-order valence-electron chi connectivity index (χ3n) is 5.09. The standard InChI is InChI=1S/C25H33N7S2/c1-5-32(16-15-27-3)24-29-22(30-25(31-24)34-21-13-11-20(26)12-14-21)17-23(28-4)33-18(2)19-9-7-6-8-10-19/h6-14,25,27H,2,5,15-17,26H2,1,3-4H3,(H,29,30,31). The summed E-state index contributed by atoms with van der Waals surface area (Å²) in [5.41, 5.74) is 7.39. The smallest absolute Gasteiger partial charge is 0.202 e. The molecule has 0 bridgehead atoms. The topological polar surface area (TPSA) is 90.4 Å². The van der Waals surface area contributed by atoms with Crippen LogP contribution in [0.2, 0.25) is 0 Å². The van der Waals surface area contributed by atoms with Gasteiger partial charge in [0.1, 0.15) is 5.84 Å². The van der Waals surface area contributed by atoms with Crippen LogP contribution in [0.4, 0.5) is 5.69 Å². The molecule has 0 aliphatic carbocycles. The first kappa shape index (κ1) is 25.9. The van der Waals surface area contributed by atoms with E-state index in [1.165, 1.54) is 0 Å². The molecule has 1 aliphatic rings. The van der Waals surface area contributed by atoms with Crippen LogP contribution in [-0.4, -0.2) is 61.0 Å². The summed E-state index contributed by atoms with van der Waals surface area (Å²) in [5, 5.41) is 7.61. The van der Waals surface area contributed by atoms with E-state index in [1.54, 1.807) is 23.5 Å². The van der Waals surface area contributed by atoms with Gasteiger partial charge >= 0.3 is 0 Å². The van der Waals surface area contributed by atoms with E-state index in [-0.39, 0.29) is 5.50 Å². The molecule has 0 aromatic heterocycles. The van der Waals surface area contributed by atoms with Gasteiger partial charge in [0.15, 0.2) is 5.50 Å². The maximum absolute atomic E-state index is 5.85. The van der Waals surface area contributed by atoms with E-state index in [9.17, 15) is 0 Å². The van der Waals surface area contributed by atoms with Crippen LogP contribution in [0.1, 0.15) is 18.9 Å². The van der Waals surface area contributed by atoms with Gasteiger partial charge in [0.25, 0.3) is 0 Å². The van der Waals surface area contributed by atoms with Crippen LogP contribution >= 0.6 is 23.5 Å². The molecule has 4 N–H and O–H groups in total. The number of nitrogens with zero attached hydrogens (tertiary/aromatic N) is 4. The number of thioether (sulfide) groups is 2. The summed E-state index contributed by atoms with van der Waals surface area (Å²) in [6.07, 6.45) is 0.578. The van der Waals surface area contributed by atoms with Crippen molar-refractivity contribution >= 4 is 51.0 Å². The summed E-state index contributed by atoms with van der Waals surface area (Å²) < 4.78 is 0. The Balaban J connectivity index is 1.78. The first-order valence-electron chi connectivity index (χ1n) is 11.2. The minimum absolute atomic E-state index is 0.293. The predicted octanol–water partition coefficient (Wildman–Crippen LogP) is 4.37. The third kappa shape index (κ3) is 7.65. The van der Waals surface area contributed by atoms with Crippen molar-refractivity contribution in [3.05, 3.63) is 66.7 Å². The van der Waals surface area contributed by atoms with Gasteiger partial charge in [-0.1, -0.05) is 60.4 Å². The quantitative estimate of drug-likeness (QED) is 0.258. The normalized spacial score (nSPS) is 15.9. The largest absolute Gasteiger partial charge is 0.399 e. The molecule has 180 valence electrons. The summed E-state index contributed by atoms with van der Waals surface area (Å²) in [4.78, 5) is 18.6. The molecule has 7 nitrogen and oxygen atoms in total. The van der Waals surface area contributed by atoms with Gasteiger partial charge in [-0.15, -0.1) is 0 Å². The number of aliphatic imine (C=N–C) groups is 3. The van der Waals surface area contributed by atoms with E-state index in [4.69, 9.17) is 15.7 Å². The molecule has 2 aromatic rings. The Morgan fingerprint density at radius 2 is 1.91 bits per heavy atom. The molecule has 0 spiro atoms. The molecule has 0 fully saturated rings. The molecule has 0 radical (unpaired) electrons. The Morgan fingerprint density at radius 1 is 1.18 bits per heavy atom. The number of hydrogen-bond acceptors (Lipinski definition) is 9. The Labute approximate surface area is 211 Å². The molecule has 34 heavy (non-hydrogen) atoms. The summed E-state index contributed by atoms with van der Waals surface area (Å²) in [7, 11) is 3.77. The van der Waals surface area contributed by atoms with E-state index >= 15 is 0 Å². The zero-order valence-corrected chi connectivity index (χ0v) is 21.6. The van der Waals surface area contributed by atoms with Crippen molar-refractivity contribution in [1.82, 2.24) is 15.5 Å². The Hall–Kier alpha value is -2.75. The fourth-order valence-electron chi connectivity index (χ4n) is 3.22. The second-order valence-electron chi connectivity index (χ2n) is 7.54. The van der Waals surface area contributed by atoms with Gasteiger partial charge in [0, 0.05) is 42.2 Å². The number of anilines is 1. The van der Waals surface area contributed by atoms with Gasteiger partial charge in [-0.25, -0.2) is 9.98 Å². The SMILES string of the molecule is C=C(SC(CC1=NC(Sc2ccc(N)cc2)N=C(N(CC)CCNC)N1)=NC)c1ccccc1. The van der Waals surface area contributed by atoms with Crippen LogP contribution in [0, 0.1) is 0 Å². The van der Waals surface area contributed by atoms with E-state index in [0.717, 1.165) is 57.5 Å². The lowest BCUT2D eigenvalue weighted by Gasteiger charge is -2.30. The van der Waals surface area contributed by atoms with Crippen molar-refractivity contribution in [2.24, 2.45) is 15.0 Å². The molecule has 0 amide bonds. The first-order valence-corrected chi connectivity index (χ1v) is 12.9. The number of guanidine groups is 1. The number of hydrogen-bond donors (Lipinski definition) is 3. The molecule has 3 rings (SSSR count). The number of nitrogens with one attached hydrogen (secondary N) is 2. The highest BCUT2D eigenvalue weighted by molar-refractivity contribution is 8.21. The van der Waals surface area contributed by atoms with Crippen LogP contribution in [0.5, 0.6) is 0 Å². The van der Waals surface area contributed by atoms with E-state index in [0.29, 0.717) is 6.42 Å². The van der Waals surface area contributed by atoms with Crippen LogP contribution < -0.4 is 16.4 Å². The Morgan fingerprint density at radius 3 is 2.56 bits per heavy atom. The molecular formula is C25H33N7S2. The van der Waals surface area contributed by atoms with Gasteiger partial charge in [-0.3, -0.25) is 4.99 Å². The highest BCUT2D eigenvalue weighted by Gasteiger charge is 2.22. The highest BCUT2D eigenvalue weighted by atomic mass is 32.2. The second kappa shape index (κ2) is 13.2. The van der Waals surface area contributed by atoms with E-state index in [2.05, 4.69) is 46.2 Å². The maximum Gasteiger partial charge on any atom is 0.202 e. The molecule has 1 atom stereocenters. The summed E-state index contributed by atoms with van der Waals surface area (Å²) >= 11 is 3.18. The van der Waals surface area contributed by atoms with E-state index < -0.39 is 0 Å². The van der Waals surface area contributed by atoms with Crippen LogP contribution in [0.15, 0.2) is 81.0 Å². The fourth-order valence-corrected chi connectivity index (χ4v) is 4.93. The molecule has 9 heteroatoms. The predicted molar refractivity (Wildman–Crippen MR) is 151 cm³/mol. The average molecular weight is 496 g/mol. The Bertz CT molecular complexity index is 1030. The van der Waals surface area contributed by atoms with Crippen molar-refractivity contribution in [1.29, 1.82) is 0 Å². The third-order valence-corrected chi connectivity index (χ3v) is 7.11. The lowest BCUT2D eigenvalue weighted by molar-refractivity contribution is 0.424. The van der Waals surface area contributed by atoms with Gasteiger partial charge in [-0.2, -0.15) is 0 Å². The maximum atomic E-state index is 5.85. The van der Waals surface area contributed by atoms with Crippen molar-refractivity contribution in [3.63, 3.8) is 0 Å². The minimum Gasteiger partial charge on any atom is -0.399 e. The monoisotopic (exact) mass is 495 g/mol. The van der Waals surface area contributed by atoms with Crippen LogP contribution in [-0.2, 0) is 0 Å². The van der Waals surface area contributed by atoms with Gasteiger partial charge < -0.3 is 21.3 Å². The molecular weight excluding hydrogens is 462 g/mol. The van der Waals surface area contributed by atoms with Crippen molar-refractivity contribution < 1.29 is 0 Å². The number of likely N-dealkylation sites (N-methyl/N-ethyl adjacent to an activating group) is 2. The average Bonchev–Trinajstić information content (AvgIpc) is 2.86. The van der Waals surface area contributed by atoms with Crippen molar-refractivity contribution in [2.45, 2.75) is 23.7 Å². The highest BCUT2D eigenvalue weighted by Crippen LogP contribution is 2.30. The lowest BCUT2D eigenvalue weighted by Crippen LogP contribution is -2.49. The number of nitrogens with two attached hydrogens (primary N) is 1. The summed E-state index contributed by atoms with van der Waals surface area (Å²) in [6, 6.07) is 18.0. The lowest BCUT2D eigenvalue weighted by atomic mass is 10.2. The number of rotatable bonds is 10. The summed E-state index contributed by atoms with van der Waals surface area (Å²) in [5.74, 6) is 1.67. The van der Waals surface area contributed by atoms with Gasteiger partial charge in [0.2, 0.25) is 5.96 Å². The van der Waals surface area contributed by atoms with Crippen LogP contribution in [0.3, 0.4) is 0 Å². The first-order chi connectivity index (χ1) is 16.5. The molecule has 0 saturated heterocycles. The number of amidine groups is 1.